The smallest absolute Gasteiger partial charge is 0.0996 e. The predicted molar refractivity (Wildman–Crippen MR) is 65.1 cm³/mol. The predicted octanol–water partition coefficient (Wildman–Crippen LogP) is 1.38. The van der Waals surface area contributed by atoms with Crippen LogP contribution in [0.4, 0.5) is 0 Å². The van der Waals surface area contributed by atoms with E-state index in [0.29, 0.717) is 12.5 Å². The van der Waals surface area contributed by atoms with E-state index in [1.54, 1.807) is 10.9 Å². The second-order valence-electron chi connectivity index (χ2n) is 4.43. The third-order valence-electron chi connectivity index (χ3n) is 2.67. The average molecular weight is 231 g/mol. The molecular formula is C12H17N5. The molecule has 2 N–H and O–H groups in total. The molecule has 0 bridgehead atoms. The molecule has 0 radical (unpaired) electrons. The second kappa shape index (κ2) is 5.05. The van der Waals surface area contributed by atoms with Gasteiger partial charge in [-0.1, -0.05) is 25.1 Å². The standard InChI is InChI=1S/C12H17N5/c1-9(2)12(13)11-8-17(16-15-11)7-10-5-3-4-6-14-10/h3-6,8-9,12H,7,13H2,1-2H3. The Morgan fingerprint density at radius 1 is 1.35 bits per heavy atom. The second-order valence-corrected chi connectivity index (χ2v) is 4.43. The third kappa shape index (κ3) is 2.88. The van der Waals surface area contributed by atoms with E-state index in [0.717, 1.165) is 11.4 Å². The number of hydrogen-bond acceptors (Lipinski definition) is 4. The lowest BCUT2D eigenvalue weighted by atomic mass is 10.0. The van der Waals surface area contributed by atoms with E-state index in [9.17, 15) is 0 Å². The molecule has 5 nitrogen and oxygen atoms in total. The summed E-state index contributed by atoms with van der Waals surface area (Å²) in [4.78, 5) is 4.24. The Morgan fingerprint density at radius 2 is 2.18 bits per heavy atom. The molecule has 0 saturated heterocycles. The number of rotatable bonds is 4. The molecule has 0 aliphatic heterocycles. The Labute approximate surface area is 101 Å². The number of nitrogens with zero attached hydrogens (tertiary/aromatic N) is 4. The Hall–Kier alpha value is -1.75. The van der Waals surface area contributed by atoms with Gasteiger partial charge in [-0.3, -0.25) is 4.98 Å². The van der Waals surface area contributed by atoms with E-state index >= 15 is 0 Å². The molecule has 0 aliphatic rings. The van der Waals surface area contributed by atoms with Gasteiger partial charge in [0.15, 0.2) is 0 Å². The Morgan fingerprint density at radius 3 is 2.82 bits per heavy atom. The fourth-order valence-electron chi connectivity index (χ4n) is 1.54. The van der Waals surface area contributed by atoms with Crippen LogP contribution in [0.5, 0.6) is 0 Å². The summed E-state index contributed by atoms with van der Waals surface area (Å²) >= 11 is 0. The Balaban J connectivity index is 2.09. The minimum absolute atomic E-state index is 0.0625. The van der Waals surface area contributed by atoms with Gasteiger partial charge in [-0.05, 0) is 18.1 Å². The topological polar surface area (TPSA) is 69.6 Å². The van der Waals surface area contributed by atoms with Gasteiger partial charge in [0, 0.05) is 6.20 Å². The number of hydrogen-bond donors (Lipinski definition) is 1. The summed E-state index contributed by atoms with van der Waals surface area (Å²) in [6.07, 6.45) is 3.66. The summed E-state index contributed by atoms with van der Waals surface area (Å²) in [6, 6.07) is 5.75. The minimum atomic E-state index is -0.0625. The Bertz CT molecular complexity index is 463. The van der Waals surface area contributed by atoms with Crippen LogP contribution in [0.25, 0.3) is 0 Å². The van der Waals surface area contributed by atoms with Crippen LogP contribution in [-0.4, -0.2) is 20.0 Å². The first-order valence-corrected chi connectivity index (χ1v) is 5.72. The lowest BCUT2D eigenvalue weighted by molar-refractivity contribution is 0.502. The summed E-state index contributed by atoms with van der Waals surface area (Å²) in [7, 11) is 0. The molecule has 0 aromatic carbocycles. The van der Waals surface area contributed by atoms with Crippen molar-refractivity contribution in [1.29, 1.82) is 0 Å². The highest BCUT2D eigenvalue weighted by atomic mass is 15.4. The molecule has 90 valence electrons. The van der Waals surface area contributed by atoms with Gasteiger partial charge >= 0.3 is 0 Å². The minimum Gasteiger partial charge on any atom is -0.322 e. The number of aromatic nitrogens is 4. The molecule has 1 unspecified atom stereocenters. The SMILES string of the molecule is CC(C)C(N)c1cn(Cc2ccccn2)nn1. The molecule has 2 aromatic rings. The van der Waals surface area contributed by atoms with Gasteiger partial charge in [0.1, 0.15) is 0 Å². The quantitative estimate of drug-likeness (QED) is 0.863. The highest BCUT2D eigenvalue weighted by molar-refractivity contribution is 5.06. The van der Waals surface area contributed by atoms with Gasteiger partial charge in [0.05, 0.1) is 30.2 Å². The molecule has 1 atom stereocenters. The highest BCUT2D eigenvalue weighted by Crippen LogP contribution is 2.15. The monoisotopic (exact) mass is 231 g/mol. The molecule has 2 heterocycles. The zero-order valence-electron chi connectivity index (χ0n) is 10.1. The van der Waals surface area contributed by atoms with Crippen molar-refractivity contribution in [1.82, 2.24) is 20.0 Å². The van der Waals surface area contributed by atoms with Crippen molar-refractivity contribution >= 4 is 0 Å². The van der Waals surface area contributed by atoms with Crippen LogP contribution in [0.15, 0.2) is 30.6 Å². The maximum absolute atomic E-state index is 6.01. The zero-order valence-corrected chi connectivity index (χ0v) is 10.1. The van der Waals surface area contributed by atoms with Gasteiger partial charge in [-0.2, -0.15) is 0 Å². The first-order valence-electron chi connectivity index (χ1n) is 5.72. The third-order valence-corrected chi connectivity index (χ3v) is 2.67. The van der Waals surface area contributed by atoms with Crippen LogP contribution in [0.3, 0.4) is 0 Å². The molecule has 17 heavy (non-hydrogen) atoms. The van der Waals surface area contributed by atoms with E-state index in [1.165, 1.54) is 0 Å². The summed E-state index contributed by atoms with van der Waals surface area (Å²) in [5.74, 6) is 0.356. The van der Waals surface area contributed by atoms with Crippen molar-refractivity contribution in [2.45, 2.75) is 26.4 Å². The summed E-state index contributed by atoms with van der Waals surface area (Å²) < 4.78 is 1.76. The van der Waals surface area contributed by atoms with Crippen LogP contribution >= 0.6 is 0 Å². The van der Waals surface area contributed by atoms with Crippen LogP contribution < -0.4 is 5.73 Å². The van der Waals surface area contributed by atoms with Crippen molar-refractivity contribution in [3.05, 3.63) is 42.0 Å². The molecule has 0 aliphatic carbocycles. The molecule has 0 fully saturated rings. The fraction of sp³-hybridized carbons (Fsp3) is 0.417. The maximum Gasteiger partial charge on any atom is 0.0996 e. The van der Waals surface area contributed by atoms with Gasteiger partial charge in [-0.15, -0.1) is 5.10 Å². The lowest BCUT2D eigenvalue weighted by Crippen LogP contribution is -2.17. The van der Waals surface area contributed by atoms with E-state index in [2.05, 4.69) is 29.1 Å². The molecule has 0 spiro atoms. The summed E-state index contributed by atoms with van der Waals surface area (Å²) in [5.41, 5.74) is 7.80. The van der Waals surface area contributed by atoms with Crippen molar-refractivity contribution in [2.75, 3.05) is 0 Å². The number of pyridine rings is 1. The molecule has 0 saturated carbocycles. The summed E-state index contributed by atoms with van der Waals surface area (Å²) in [6.45, 7) is 4.77. The van der Waals surface area contributed by atoms with Gasteiger partial charge in [0.25, 0.3) is 0 Å². The molecule has 2 aromatic heterocycles. The van der Waals surface area contributed by atoms with Crippen molar-refractivity contribution in [3.63, 3.8) is 0 Å². The largest absolute Gasteiger partial charge is 0.322 e. The highest BCUT2D eigenvalue weighted by Gasteiger charge is 2.14. The molecular weight excluding hydrogens is 214 g/mol. The van der Waals surface area contributed by atoms with Crippen molar-refractivity contribution < 1.29 is 0 Å². The zero-order chi connectivity index (χ0) is 12.3. The first-order chi connectivity index (χ1) is 8.16. The molecule has 5 heteroatoms. The van der Waals surface area contributed by atoms with E-state index in [-0.39, 0.29) is 6.04 Å². The normalized spacial score (nSPS) is 12.9. The van der Waals surface area contributed by atoms with E-state index < -0.39 is 0 Å². The van der Waals surface area contributed by atoms with Crippen LogP contribution in [-0.2, 0) is 6.54 Å². The fourth-order valence-corrected chi connectivity index (χ4v) is 1.54. The molecule has 0 amide bonds. The summed E-state index contributed by atoms with van der Waals surface area (Å²) in [5, 5.41) is 8.16. The molecule has 2 rings (SSSR count). The lowest BCUT2D eigenvalue weighted by Gasteiger charge is -2.11. The Kier molecular flexibility index (Phi) is 3.49. The van der Waals surface area contributed by atoms with Crippen LogP contribution in [0.1, 0.15) is 31.3 Å². The first kappa shape index (κ1) is 11.7. The van der Waals surface area contributed by atoms with E-state index in [1.807, 2.05) is 24.4 Å². The van der Waals surface area contributed by atoms with Gasteiger partial charge in [0.2, 0.25) is 0 Å². The van der Waals surface area contributed by atoms with Gasteiger partial charge < -0.3 is 5.73 Å². The van der Waals surface area contributed by atoms with Crippen LogP contribution in [0.2, 0.25) is 0 Å². The maximum atomic E-state index is 6.01. The van der Waals surface area contributed by atoms with Crippen LogP contribution in [0, 0.1) is 5.92 Å². The average Bonchev–Trinajstić information content (AvgIpc) is 2.77. The van der Waals surface area contributed by atoms with E-state index in [4.69, 9.17) is 5.73 Å². The van der Waals surface area contributed by atoms with Gasteiger partial charge in [-0.25, -0.2) is 4.68 Å². The van der Waals surface area contributed by atoms with Crippen molar-refractivity contribution in [2.24, 2.45) is 11.7 Å². The number of nitrogens with two attached hydrogens (primary N) is 1. The van der Waals surface area contributed by atoms with Crippen molar-refractivity contribution in [3.8, 4) is 0 Å².